The maximum Gasteiger partial charge on any atom is 0.392 e. The van der Waals surface area contributed by atoms with Crippen LogP contribution in [0, 0.1) is 0 Å². The molecular formula is NiO4P2S. The molecule has 0 radical (unpaired) electrons. The van der Waals surface area contributed by atoms with E-state index in [-0.39, 0.29) is 27.5 Å². The summed E-state index contributed by atoms with van der Waals surface area (Å²) in [4.78, 5) is 0. The fourth-order valence-corrected chi connectivity index (χ4v) is 1.47. The molecule has 0 heterocycles. The van der Waals surface area contributed by atoms with Crippen LogP contribution in [-0.2, 0) is 34.8 Å². The van der Waals surface area contributed by atoms with Gasteiger partial charge in [0.25, 0.3) is 0 Å². The first-order valence-electron chi connectivity index (χ1n) is 1.10. The Balaban J connectivity index is 0. The van der Waals surface area contributed by atoms with E-state index in [1.54, 1.807) is 0 Å². The van der Waals surface area contributed by atoms with E-state index in [1.165, 1.54) is 0 Å². The third kappa shape index (κ3) is 9.81. The first-order valence-corrected chi connectivity index (χ1v) is 5.48. The van der Waals surface area contributed by atoms with Crippen LogP contribution in [0.4, 0.5) is 0 Å². The maximum absolute atomic E-state index is 9.43. The van der Waals surface area contributed by atoms with Crippen molar-refractivity contribution in [1.82, 2.24) is 0 Å². The molecule has 0 saturated heterocycles. The molecule has 0 fully saturated rings. The fourth-order valence-electron chi connectivity index (χ4n) is 0.0544. The molecule has 0 rings (SSSR count). The first-order chi connectivity index (χ1) is 3.13. The Hall–Kier alpha value is 0.644. The smallest absolute Gasteiger partial charge is 0.224 e. The summed E-state index contributed by atoms with van der Waals surface area (Å²) in [5.41, 5.74) is 0. The van der Waals surface area contributed by atoms with E-state index in [9.17, 15) is 18.3 Å². The van der Waals surface area contributed by atoms with Crippen molar-refractivity contribution in [3.63, 3.8) is 0 Å². The quantitative estimate of drug-likeness (QED) is 0.521. The molecule has 4 nitrogen and oxygen atoms in total. The van der Waals surface area contributed by atoms with Crippen molar-refractivity contribution in [2.24, 2.45) is 0 Å². The van der Waals surface area contributed by atoms with Gasteiger partial charge in [0.2, 0.25) is 0 Å². The Bertz CT molecular complexity index is 142. The monoisotopic (exact) mass is 216 g/mol. The molecule has 0 saturated carbocycles. The van der Waals surface area contributed by atoms with Gasteiger partial charge in [-0.25, -0.2) is 18.3 Å². The van der Waals surface area contributed by atoms with Crippen LogP contribution in [0.2, 0.25) is 0 Å². The standard InChI is InChI=1S/Ni.O4P2S/c;1-5(2)7-6(3)4. The fraction of sp³-hybridized carbons (Fsp3) is 0. The van der Waals surface area contributed by atoms with Crippen LogP contribution in [-0.4, -0.2) is 0 Å². The second-order valence-corrected chi connectivity index (χ2v) is 5.34. The zero-order valence-electron chi connectivity index (χ0n) is 3.25. The summed E-state index contributed by atoms with van der Waals surface area (Å²) in [7, 11) is 0. The average molecular weight is 217 g/mol. The van der Waals surface area contributed by atoms with Crippen LogP contribution in [0.5, 0.6) is 0 Å². The minimum absolute atomic E-state index is 0. The van der Waals surface area contributed by atoms with Crippen LogP contribution >= 0.6 is 24.8 Å². The van der Waals surface area contributed by atoms with Gasteiger partial charge in [-0.1, -0.05) is 0 Å². The van der Waals surface area contributed by atoms with Crippen LogP contribution in [0.1, 0.15) is 0 Å². The van der Waals surface area contributed by atoms with Crippen LogP contribution in [0.3, 0.4) is 0 Å². The predicted octanol–water partition coefficient (Wildman–Crippen LogP) is 1.89. The number of hydrogen-bond acceptors (Lipinski definition) is 5. The van der Waals surface area contributed by atoms with E-state index in [4.69, 9.17) is 0 Å². The molecule has 0 unspecified atom stereocenters. The first kappa shape index (κ1) is 11.4. The zero-order valence-corrected chi connectivity index (χ0v) is 6.84. The second-order valence-electron chi connectivity index (χ2n) is 0.529. The molecule has 0 N–H and O–H groups in total. The van der Waals surface area contributed by atoms with E-state index < -0.39 is 13.8 Å². The van der Waals surface area contributed by atoms with Gasteiger partial charge in [0.1, 0.15) is 11.0 Å². The molecular weight excluding hydrogens is 217 g/mol. The number of rotatable bonds is 2. The summed E-state index contributed by atoms with van der Waals surface area (Å²) in [5.74, 6) is 0. The molecule has 0 bridgehead atoms. The average Bonchev–Trinajstić information content (AvgIpc) is 1.27. The van der Waals surface area contributed by atoms with Gasteiger partial charge < -0.3 is 0 Å². The Labute approximate surface area is 59.9 Å². The predicted molar refractivity (Wildman–Crippen MR) is 24.2 cm³/mol. The van der Waals surface area contributed by atoms with Crippen molar-refractivity contribution in [1.29, 1.82) is 0 Å². The van der Waals surface area contributed by atoms with Gasteiger partial charge in [0, 0.05) is 16.5 Å². The molecule has 8 heavy (non-hydrogen) atoms. The van der Waals surface area contributed by atoms with Gasteiger partial charge in [-0.05, 0) is 0 Å². The molecule has 8 heteroatoms. The molecule has 0 aromatic heterocycles. The van der Waals surface area contributed by atoms with Gasteiger partial charge in [-0.15, -0.1) is 0 Å². The summed E-state index contributed by atoms with van der Waals surface area (Å²) in [6, 6.07) is 0. The van der Waals surface area contributed by atoms with Gasteiger partial charge in [-0.3, -0.25) is 0 Å². The van der Waals surface area contributed by atoms with Gasteiger partial charge in [-0.2, -0.15) is 0 Å². The van der Waals surface area contributed by atoms with E-state index in [1.807, 2.05) is 0 Å². The van der Waals surface area contributed by atoms with E-state index in [2.05, 4.69) is 0 Å². The molecule has 50 valence electrons. The number of hydrogen-bond donors (Lipinski definition) is 0. The summed E-state index contributed by atoms with van der Waals surface area (Å²) in [6.07, 6.45) is 0. The molecule has 0 aliphatic carbocycles. The summed E-state index contributed by atoms with van der Waals surface area (Å²) in [5, 5.41) is 0. The maximum atomic E-state index is 9.43. The summed E-state index contributed by atoms with van der Waals surface area (Å²) in [6.45, 7) is -5.64. The van der Waals surface area contributed by atoms with Crippen molar-refractivity contribution < 1.29 is 34.8 Å². The van der Waals surface area contributed by atoms with Crippen LogP contribution < -0.4 is 0 Å². The topological polar surface area (TPSA) is 68.3 Å². The van der Waals surface area contributed by atoms with Gasteiger partial charge in [0.15, 0.2) is 0 Å². The van der Waals surface area contributed by atoms with Crippen LogP contribution in [0.15, 0.2) is 0 Å². The Morgan fingerprint density at radius 2 is 1.12 bits per heavy atom. The largest absolute Gasteiger partial charge is 0.392 e. The Morgan fingerprint density at radius 3 is 1.12 bits per heavy atom. The van der Waals surface area contributed by atoms with Crippen molar-refractivity contribution in [2.75, 3.05) is 0 Å². The van der Waals surface area contributed by atoms with Gasteiger partial charge >= 0.3 is 13.8 Å². The molecule has 0 aromatic carbocycles. The molecule has 0 amide bonds. The molecule has 0 atom stereocenters. The van der Waals surface area contributed by atoms with Crippen LogP contribution in [0.25, 0.3) is 0 Å². The third-order valence-corrected chi connectivity index (χ3v) is 3.60. The molecule has 0 aliphatic rings. The molecule has 0 aliphatic heterocycles. The third-order valence-electron chi connectivity index (χ3n) is 0.133. The molecule has 0 aromatic rings. The van der Waals surface area contributed by atoms with Crippen molar-refractivity contribution in [2.45, 2.75) is 0 Å². The Kier molecular flexibility index (Phi) is 8.26. The van der Waals surface area contributed by atoms with Crippen molar-refractivity contribution in [3.05, 3.63) is 0 Å². The minimum atomic E-state index is -2.82. The minimum Gasteiger partial charge on any atom is -0.224 e. The SMILES string of the molecule is O=P(=O)SP(=O)=O.[Ni]. The Morgan fingerprint density at radius 1 is 0.875 bits per heavy atom. The summed E-state index contributed by atoms with van der Waals surface area (Å²) >= 11 is -0.0833. The normalized spacial score (nSPS) is 7.00. The zero-order chi connectivity index (χ0) is 5.86. The van der Waals surface area contributed by atoms with E-state index >= 15 is 0 Å². The van der Waals surface area contributed by atoms with E-state index in [0.717, 1.165) is 0 Å². The van der Waals surface area contributed by atoms with E-state index in [0.29, 0.717) is 0 Å². The van der Waals surface area contributed by atoms with Gasteiger partial charge in [0.05, 0.1) is 0 Å². The summed E-state index contributed by atoms with van der Waals surface area (Å²) < 4.78 is 37.7. The molecule has 0 spiro atoms. The van der Waals surface area contributed by atoms with Crippen molar-refractivity contribution >= 4 is 24.8 Å². The van der Waals surface area contributed by atoms with Crippen molar-refractivity contribution in [3.8, 4) is 0 Å². The second kappa shape index (κ2) is 5.77.